The van der Waals surface area contributed by atoms with Crippen LogP contribution in [0.5, 0.6) is 0 Å². The van der Waals surface area contributed by atoms with Crippen molar-refractivity contribution in [2.24, 2.45) is 11.7 Å². The molecule has 0 aliphatic heterocycles. The van der Waals surface area contributed by atoms with Gasteiger partial charge in [0.15, 0.2) is 0 Å². The van der Waals surface area contributed by atoms with Gasteiger partial charge in [-0.2, -0.15) is 0 Å². The number of carbonyl (C=O) groups is 2. The Bertz CT molecular complexity index is 530. The van der Waals surface area contributed by atoms with Crippen molar-refractivity contribution in [3.63, 3.8) is 0 Å². The van der Waals surface area contributed by atoms with Crippen LogP contribution in [0.2, 0.25) is 0 Å². The van der Waals surface area contributed by atoms with Gasteiger partial charge in [-0.25, -0.2) is 0 Å². The second-order valence-electron chi connectivity index (χ2n) is 6.60. The van der Waals surface area contributed by atoms with Crippen LogP contribution in [0.25, 0.3) is 0 Å². The van der Waals surface area contributed by atoms with Gasteiger partial charge in [-0.1, -0.05) is 36.8 Å². The van der Waals surface area contributed by atoms with E-state index >= 15 is 0 Å². The van der Waals surface area contributed by atoms with Gasteiger partial charge in [0.2, 0.25) is 11.8 Å². The zero-order valence-electron chi connectivity index (χ0n) is 14.0. The van der Waals surface area contributed by atoms with Crippen molar-refractivity contribution in [2.45, 2.75) is 44.2 Å². The fraction of sp³-hybridized carbons (Fsp3) is 0.556. The monoisotopic (exact) mass is 317 g/mol. The number of hydrogen-bond acceptors (Lipinski definition) is 3. The number of benzene rings is 1. The molecular formula is C18H27N3O2. The summed E-state index contributed by atoms with van der Waals surface area (Å²) in [5.74, 6) is 0.0724. The smallest absolute Gasteiger partial charge is 0.244 e. The third-order valence-electron chi connectivity index (χ3n) is 4.52. The molecule has 1 aliphatic rings. The predicted octanol–water partition coefficient (Wildman–Crippen LogP) is 1.32. The van der Waals surface area contributed by atoms with Crippen molar-refractivity contribution >= 4 is 11.8 Å². The maximum atomic E-state index is 12.4. The molecule has 5 nitrogen and oxygen atoms in total. The highest BCUT2D eigenvalue weighted by atomic mass is 16.2. The van der Waals surface area contributed by atoms with Crippen molar-refractivity contribution < 1.29 is 9.59 Å². The summed E-state index contributed by atoms with van der Waals surface area (Å²) in [6.07, 6.45) is 3.98. The van der Waals surface area contributed by atoms with Gasteiger partial charge in [-0.05, 0) is 24.3 Å². The summed E-state index contributed by atoms with van der Waals surface area (Å²) in [5, 5.41) is 2.91. The number of rotatable bonds is 6. The first kappa shape index (κ1) is 17.5. The molecule has 0 spiro atoms. The minimum absolute atomic E-state index is 0.0801. The maximum Gasteiger partial charge on any atom is 0.244 e. The Balaban J connectivity index is 1.99. The third-order valence-corrected chi connectivity index (χ3v) is 4.52. The Morgan fingerprint density at radius 1 is 1.26 bits per heavy atom. The molecule has 1 aliphatic carbocycles. The highest BCUT2D eigenvalue weighted by Crippen LogP contribution is 2.26. The molecule has 3 atom stereocenters. The van der Waals surface area contributed by atoms with Crippen LogP contribution in [0, 0.1) is 5.92 Å². The number of hydrogen-bond donors (Lipinski definition) is 2. The van der Waals surface area contributed by atoms with E-state index in [0.717, 1.165) is 24.8 Å². The van der Waals surface area contributed by atoms with E-state index in [1.165, 1.54) is 4.90 Å². The molecule has 0 radical (unpaired) electrons. The molecule has 0 heterocycles. The van der Waals surface area contributed by atoms with E-state index in [1.54, 1.807) is 14.1 Å². The first-order chi connectivity index (χ1) is 11.0. The van der Waals surface area contributed by atoms with Crippen molar-refractivity contribution in [3.05, 3.63) is 35.9 Å². The molecule has 0 aromatic heterocycles. The normalized spacial score (nSPS) is 21.7. The zero-order chi connectivity index (χ0) is 16.8. The van der Waals surface area contributed by atoms with E-state index in [1.807, 2.05) is 30.3 Å². The summed E-state index contributed by atoms with van der Waals surface area (Å²) in [4.78, 5) is 26.2. The van der Waals surface area contributed by atoms with E-state index in [-0.39, 0.29) is 23.8 Å². The van der Waals surface area contributed by atoms with Gasteiger partial charge in [0.1, 0.15) is 6.04 Å². The average molecular weight is 317 g/mol. The van der Waals surface area contributed by atoms with Crippen LogP contribution >= 0.6 is 0 Å². The van der Waals surface area contributed by atoms with E-state index in [9.17, 15) is 9.59 Å². The van der Waals surface area contributed by atoms with Crippen molar-refractivity contribution in [2.75, 3.05) is 14.1 Å². The van der Waals surface area contributed by atoms with Crippen LogP contribution in [0.3, 0.4) is 0 Å². The van der Waals surface area contributed by atoms with Crippen LogP contribution in [0.15, 0.2) is 30.3 Å². The lowest BCUT2D eigenvalue weighted by molar-refractivity contribution is -0.134. The van der Waals surface area contributed by atoms with Crippen LogP contribution in [0.4, 0.5) is 0 Å². The number of amides is 2. The largest absolute Gasteiger partial charge is 0.347 e. The standard InChI is InChI=1S/C18H27N3O2/c1-21(2)18(23)16(11-13-7-4-3-5-8-13)20-17(22)12-14-9-6-10-15(14)19/h3-5,7-8,14-16H,6,9-12,19H2,1-2H3,(H,20,22)/t14-,15+,16?/m0/s1. The van der Waals surface area contributed by atoms with E-state index in [4.69, 9.17) is 5.73 Å². The zero-order valence-corrected chi connectivity index (χ0v) is 14.0. The lowest BCUT2D eigenvalue weighted by atomic mass is 9.99. The van der Waals surface area contributed by atoms with Crippen molar-refractivity contribution in [1.82, 2.24) is 10.2 Å². The van der Waals surface area contributed by atoms with Crippen molar-refractivity contribution in [1.29, 1.82) is 0 Å². The molecule has 0 saturated heterocycles. The van der Waals surface area contributed by atoms with E-state index < -0.39 is 6.04 Å². The molecule has 5 heteroatoms. The number of nitrogens with one attached hydrogen (secondary N) is 1. The summed E-state index contributed by atoms with van der Waals surface area (Å²) < 4.78 is 0. The molecule has 2 amide bonds. The van der Waals surface area contributed by atoms with E-state index in [0.29, 0.717) is 12.8 Å². The Morgan fingerprint density at radius 2 is 1.96 bits per heavy atom. The summed E-state index contributed by atoms with van der Waals surface area (Å²) in [6, 6.07) is 9.32. The van der Waals surface area contributed by atoms with Gasteiger partial charge in [0.05, 0.1) is 0 Å². The van der Waals surface area contributed by atoms with Crippen LogP contribution in [-0.2, 0) is 16.0 Å². The van der Waals surface area contributed by atoms with Gasteiger partial charge < -0.3 is 16.0 Å². The topological polar surface area (TPSA) is 75.4 Å². The molecular weight excluding hydrogens is 290 g/mol. The van der Waals surface area contributed by atoms with Gasteiger partial charge in [-0.3, -0.25) is 9.59 Å². The molecule has 1 aromatic rings. The number of nitrogens with zero attached hydrogens (tertiary/aromatic N) is 1. The highest BCUT2D eigenvalue weighted by molar-refractivity contribution is 5.87. The molecule has 126 valence electrons. The van der Waals surface area contributed by atoms with Crippen LogP contribution in [-0.4, -0.2) is 42.9 Å². The van der Waals surface area contributed by atoms with Crippen LogP contribution < -0.4 is 11.1 Å². The third kappa shape index (κ3) is 5.06. The summed E-state index contributed by atoms with van der Waals surface area (Å²) >= 11 is 0. The Hall–Kier alpha value is -1.88. The SMILES string of the molecule is CN(C)C(=O)C(Cc1ccccc1)NC(=O)C[C@@H]1CCC[C@H]1N. The molecule has 0 bridgehead atoms. The van der Waals surface area contributed by atoms with E-state index in [2.05, 4.69) is 5.32 Å². The Morgan fingerprint density at radius 3 is 2.52 bits per heavy atom. The molecule has 2 rings (SSSR count). The first-order valence-electron chi connectivity index (χ1n) is 8.27. The lowest BCUT2D eigenvalue weighted by Crippen LogP contribution is -2.48. The summed E-state index contributed by atoms with van der Waals surface area (Å²) in [6.45, 7) is 0. The minimum Gasteiger partial charge on any atom is -0.347 e. The Labute approximate surface area is 138 Å². The maximum absolute atomic E-state index is 12.4. The van der Waals surface area contributed by atoms with Gasteiger partial charge >= 0.3 is 0 Å². The van der Waals surface area contributed by atoms with Gasteiger partial charge in [0, 0.05) is 33.0 Å². The quantitative estimate of drug-likeness (QED) is 0.831. The second-order valence-corrected chi connectivity index (χ2v) is 6.60. The first-order valence-corrected chi connectivity index (χ1v) is 8.27. The number of nitrogens with two attached hydrogens (primary N) is 1. The predicted molar refractivity (Wildman–Crippen MR) is 90.7 cm³/mol. The molecule has 23 heavy (non-hydrogen) atoms. The van der Waals surface area contributed by atoms with Gasteiger partial charge in [-0.15, -0.1) is 0 Å². The molecule has 1 unspecified atom stereocenters. The number of likely N-dealkylation sites (N-methyl/N-ethyl adjacent to an activating group) is 1. The van der Waals surface area contributed by atoms with Crippen LogP contribution in [0.1, 0.15) is 31.2 Å². The second kappa shape index (κ2) is 8.11. The molecule has 1 aromatic carbocycles. The molecule has 1 saturated carbocycles. The van der Waals surface area contributed by atoms with Gasteiger partial charge in [0.25, 0.3) is 0 Å². The fourth-order valence-corrected chi connectivity index (χ4v) is 3.17. The highest BCUT2D eigenvalue weighted by Gasteiger charge is 2.28. The summed E-state index contributed by atoms with van der Waals surface area (Å²) in [5.41, 5.74) is 7.07. The molecule has 1 fully saturated rings. The Kier molecular flexibility index (Phi) is 6.16. The summed E-state index contributed by atoms with van der Waals surface area (Å²) in [7, 11) is 3.42. The lowest BCUT2D eigenvalue weighted by Gasteiger charge is -2.23. The average Bonchev–Trinajstić information content (AvgIpc) is 2.92. The number of carbonyl (C=O) groups excluding carboxylic acids is 2. The minimum atomic E-state index is -0.530. The molecule has 3 N–H and O–H groups in total. The van der Waals surface area contributed by atoms with Crippen molar-refractivity contribution in [3.8, 4) is 0 Å². The fourth-order valence-electron chi connectivity index (χ4n) is 3.17.